The predicted octanol–water partition coefficient (Wildman–Crippen LogP) is 1.59. The minimum atomic E-state index is 0.0746. The van der Waals surface area contributed by atoms with Crippen molar-refractivity contribution in [1.82, 2.24) is 19.8 Å². The van der Waals surface area contributed by atoms with E-state index in [0.29, 0.717) is 18.2 Å². The highest BCUT2D eigenvalue weighted by Gasteiger charge is 2.38. The minimum Gasteiger partial charge on any atom is -0.371 e. The molecule has 2 fully saturated rings. The molecule has 130 valence electrons. The van der Waals surface area contributed by atoms with Gasteiger partial charge in [-0.1, -0.05) is 6.07 Å². The first-order valence-electron chi connectivity index (χ1n) is 8.74. The van der Waals surface area contributed by atoms with Crippen molar-refractivity contribution >= 4 is 5.91 Å². The number of hydrogen-bond donors (Lipinski definition) is 0. The summed E-state index contributed by atoms with van der Waals surface area (Å²) in [6.07, 6.45) is 6.29. The maximum Gasteiger partial charge on any atom is 0.255 e. The second kappa shape index (κ2) is 7.29. The Morgan fingerprint density at radius 3 is 2.92 bits per heavy atom. The third-order valence-electron chi connectivity index (χ3n) is 4.97. The number of pyridine rings is 2. The lowest BCUT2D eigenvalue weighted by Gasteiger charge is -2.37. The van der Waals surface area contributed by atoms with Gasteiger partial charge in [0.15, 0.2) is 0 Å². The molecule has 0 spiro atoms. The summed E-state index contributed by atoms with van der Waals surface area (Å²) in [7, 11) is 0. The van der Waals surface area contributed by atoms with E-state index in [9.17, 15) is 4.79 Å². The van der Waals surface area contributed by atoms with Gasteiger partial charge >= 0.3 is 0 Å². The molecule has 2 aliphatic rings. The van der Waals surface area contributed by atoms with Crippen LogP contribution in [0.2, 0.25) is 0 Å². The molecule has 0 unspecified atom stereocenters. The van der Waals surface area contributed by atoms with E-state index in [-0.39, 0.29) is 12.0 Å². The molecule has 0 N–H and O–H groups in total. The van der Waals surface area contributed by atoms with Crippen molar-refractivity contribution in [3.63, 3.8) is 0 Å². The van der Waals surface area contributed by atoms with Crippen LogP contribution in [0.3, 0.4) is 0 Å². The minimum absolute atomic E-state index is 0.0746. The van der Waals surface area contributed by atoms with Gasteiger partial charge < -0.3 is 9.64 Å². The van der Waals surface area contributed by atoms with Gasteiger partial charge in [0.2, 0.25) is 0 Å². The standard InChI is InChI=1S/C19H22N4O2/c24-19(15-4-3-6-20-11-15)23-9-8-22-13-18(10-17(22)12-23)25-14-16-5-1-2-7-21-16/h1-7,11,17-18H,8-10,12-14H2/t17-,18-/m1/s1. The Balaban J connectivity index is 1.32. The highest BCUT2D eigenvalue weighted by Crippen LogP contribution is 2.25. The van der Waals surface area contributed by atoms with E-state index in [1.165, 1.54) is 0 Å². The smallest absolute Gasteiger partial charge is 0.255 e. The quantitative estimate of drug-likeness (QED) is 0.847. The normalized spacial score (nSPS) is 23.4. The third-order valence-corrected chi connectivity index (χ3v) is 4.97. The molecule has 1 amide bonds. The van der Waals surface area contributed by atoms with Crippen LogP contribution in [0, 0.1) is 0 Å². The molecule has 4 rings (SSSR count). The summed E-state index contributed by atoms with van der Waals surface area (Å²) in [4.78, 5) is 25.3. The van der Waals surface area contributed by atoms with Gasteiger partial charge in [0.05, 0.1) is 24.0 Å². The van der Waals surface area contributed by atoms with Crippen LogP contribution in [0.15, 0.2) is 48.9 Å². The van der Waals surface area contributed by atoms with E-state index < -0.39 is 0 Å². The summed E-state index contributed by atoms with van der Waals surface area (Å²) in [5.74, 6) is 0.0746. The average molecular weight is 338 g/mol. The molecule has 2 aliphatic heterocycles. The van der Waals surface area contributed by atoms with Crippen LogP contribution in [-0.4, -0.2) is 64.0 Å². The van der Waals surface area contributed by atoms with Gasteiger partial charge in [0.1, 0.15) is 0 Å². The lowest BCUT2D eigenvalue weighted by Crippen LogP contribution is -2.52. The van der Waals surface area contributed by atoms with Crippen molar-refractivity contribution in [3.05, 3.63) is 60.2 Å². The van der Waals surface area contributed by atoms with Crippen molar-refractivity contribution in [1.29, 1.82) is 0 Å². The number of ether oxygens (including phenoxy) is 1. The fourth-order valence-corrected chi connectivity index (χ4v) is 3.66. The molecule has 6 heteroatoms. The SMILES string of the molecule is O=C(c1cccnc1)N1CCN2C[C@H](OCc3ccccn3)C[C@@H]2C1. The number of hydrogen-bond acceptors (Lipinski definition) is 5. The Kier molecular flexibility index (Phi) is 4.72. The van der Waals surface area contributed by atoms with Crippen molar-refractivity contribution in [2.24, 2.45) is 0 Å². The molecule has 2 aromatic heterocycles. The number of fused-ring (bicyclic) bond motifs is 1. The molecular formula is C19H22N4O2. The highest BCUT2D eigenvalue weighted by atomic mass is 16.5. The first-order valence-corrected chi connectivity index (χ1v) is 8.74. The third kappa shape index (κ3) is 3.70. The molecule has 0 aliphatic carbocycles. The molecule has 0 saturated carbocycles. The molecular weight excluding hydrogens is 316 g/mol. The fraction of sp³-hybridized carbons (Fsp3) is 0.421. The predicted molar refractivity (Wildman–Crippen MR) is 92.9 cm³/mol. The summed E-state index contributed by atoms with van der Waals surface area (Å²) >= 11 is 0. The topological polar surface area (TPSA) is 58.6 Å². The van der Waals surface area contributed by atoms with Gasteiger partial charge in [-0.2, -0.15) is 0 Å². The lowest BCUT2D eigenvalue weighted by atomic mass is 10.1. The van der Waals surface area contributed by atoms with Crippen molar-refractivity contribution in [2.45, 2.75) is 25.2 Å². The summed E-state index contributed by atoms with van der Waals surface area (Å²) < 4.78 is 6.04. The summed E-state index contributed by atoms with van der Waals surface area (Å²) in [6.45, 7) is 3.91. The summed E-state index contributed by atoms with van der Waals surface area (Å²) in [5, 5.41) is 0. The van der Waals surface area contributed by atoms with Gasteiger partial charge in [-0.15, -0.1) is 0 Å². The maximum absolute atomic E-state index is 12.6. The Morgan fingerprint density at radius 2 is 2.12 bits per heavy atom. The Hall–Kier alpha value is -2.31. The van der Waals surface area contributed by atoms with E-state index in [4.69, 9.17) is 4.74 Å². The summed E-state index contributed by atoms with van der Waals surface area (Å²) in [6, 6.07) is 9.88. The Labute approximate surface area is 147 Å². The zero-order valence-corrected chi connectivity index (χ0v) is 14.1. The molecule has 2 atom stereocenters. The number of rotatable bonds is 4. The second-order valence-electron chi connectivity index (χ2n) is 6.63. The van der Waals surface area contributed by atoms with Crippen molar-refractivity contribution < 1.29 is 9.53 Å². The number of amides is 1. The lowest BCUT2D eigenvalue weighted by molar-refractivity contribution is 0.0435. The zero-order chi connectivity index (χ0) is 17.1. The monoisotopic (exact) mass is 338 g/mol. The number of aromatic nitrogens is 2. The van der Waals surface area contributed by atoms with Crippen LogP contribution < -0.4 is 0 Å². The largest absolute Gasteiger partial charge is 0.371 e. The molecule has 0 bridgehead atoms. The number of piperazine rings is 1. The first-order chi connectivity index (χ1) is 12.3. The van der Waals surface area contributed by atoms with Gasteiger partial charge in [-0.25, -0.2) is 0 Å². The highest BCUT2D eigenvalue weighted by molar-refractivity contribution is 5.94. The molecule has 0 aromatic carbocycles. The zero-order valence-electron chi connectivity index (χ0n) is 14.1. The van der Waals surface area contributed by atoms with Gasteiger partial charge in [0.25, 0.3) is 5.91 Å². The van der Waals surface area contributed by atoms with E-state index in [1.807, 2.05) is 29.2 Å². The van der Waals surface area contributed by atoms with E-state index in [0.717, 1.165) is 38.3 Å². The molecule has 4 heterocycles. The van der Waals surface area contributed by atoms with Gasteiger partial charge in [0, 0.05) is 50.8 Å². The van der Waals surface area contributed by atoms with Crippen LogP contribution in [0.4, 0.5) is 0 Å². The van der Waals surface area contributed by atoms with Crippen LogP contribution >= 0.6 is 0 Å². The van der Waals surface area contributed by atoms with Gasteiger partial charge in [-0.3, -0.25) is 19.7 Å². The molecule has 25 heavy (non-hydrogen) atoms. The second-order valence-corrected chi connectivity index (χ2v) is 6.63. The van der Waals surface area contributed by atoms with Crippen LogP contribution in [0.25, 0.3) is 0 Å². The average Bonchev–Trinajstić information content (AvgIpc) is 3.09. The van der Waals surface area contributed by atoms with Crippen LogP contribution in [-0.2, 0) is 11.3 Å². The number of nitrogens with zero attached hydrogens (tertiary/aromatic N) is 4. The maximum atomic E-state index is 12.6. The number of carbonyl (C=O) groups excluding carboxylic acids is 1. The fourth-order valence-electron chi connectivity index (χ4n) is 3.66. The Bertz CT molecular complexity index is 710. The van der Waals surface area contributed by atoms with Crippen molar-refractivity contribution in [2.75, 3.05) is 26.2 Å². The molecule has 2 aromatic rings. The van der Waals surface area contributed by atoms with Crippen LogP contribution in [0.1, 0.15) is 22.5 Å². The molecule has 0 radical (unpaired) electrons. The summed E-state index contributed by atoms with van der Waals surface area (Å²) in [5.41, 5.74) is 1.62. The molecule has 2 saturated heterocycles. The molecule has 6 nitrogen and oxygen atoms in total. The Morgan fingerprint density at radius 1 is 1.16 bits per heavy atom. The van der Waals surface area contributed by atoms with E-state index >= 15 is 0 Å². The van der Waals surface area contributed by atoms with E-state index in [1.54, 1.807) is 24.7 Å². The van der Waals surface area contributed by atoms with Crippen molar-refractivity contribution in [3.8, 4) is 0 Å². The number of carbonyl (C=O) groups is 1. The first kappa shape index (κ1) is 16.2. The van der Waals surface area contributed by atoms with Gasteiger partial charge in [-0.05, 0) is 30.7 Å². The van der Waals surface area contributed by atoms with Crippen LogP contribution in [0.5, 0.6) is 0 Å². The van der Waals surface area contributed by atoms with E-state index in [2.05, 4.69) is 14.9 Å².